The molecule has 0 aliphatic rings. The van der Waals surface area contributed by atoms with Crippen molar-refractivity contribution in [2.24, 2.45) is 0 Å². The van der Waals surface area contributed by atoms with E-state index in [9.17, 15) is 21.6 Å². The first-order chi connectivity index (χ1) is 6.33. The molecule has 14 heavy (non-hydrogen) atoms. The Kier molecular flexibility index (Phi) is 2.70. The molecule has 0 amide bonds. The number of benzene rings is 1. The summed E-state index contributed by atoms with van der Waals surface area (Å²) < 4.78 is 60.2. The Balaban J connectivity index is 2.91. The third-order valence-corrected chi connectivity index (χ3v) is 2.21. The zero-order valence-corrected chi connectivity index (χ0v) is 7.47. The molecular weight excluding hydrogens is 221 g/mol. The average molecular weight is 226 g/mol. The maximum atomic E-state index is 11.8. The van der Waals surface area contributed by atoms with E-state index in [1.807, 2.05) is 0 Å². The number of hydrogen-bond acceptors (Lipinski definition) is 3. The molecule has 1 aromatic rings. The lowest BCUT2D eigenvalue weighted by Gasteiger charge is -2.08. The standard InChI is InChI=1S/C7H5F3O3S/c8-7(9,10)14(11,12)13-6-4-2-1-3-5-6/h1-5H. The van der Waals surface area contributed by atoms with Crippen LogP contribution in [-0.4, -0.2) is 13.9 Å². The van der Waals surface area contributed by atoms with Crippen molar-refractivity contribution in [3.8, 4) is 5.75 Å². The molecule has 0 fully saturated rings. The number of para-hydroxylation sites is 1. The second kappa shape index (κ2) is 3.49. The van der Waals surface area contributed by atoms with Crippen LogP contribution >= 0.6 is 0 Å². The highest BCUT2D eigenvalue weighted by Gasteiger charge is 2.48. The van der Waals surface area contributed by atoms with Crippen LogP contribution in [0.3, 0.4) is 0 Å². The maximum Gasteiger partial charge on any atom is 0.534 e. The van der Waals surface area contributed by atoms with E-state index >= 15 is 0 Å². The summed E-state index contributed by atoms with van der Waals surface area (Å²) in [7, 11) is -5.55. The Morgan fingerprint density at radius 1 is 1.07 bits per heavy atom. The van der Waals surface area contributed by atoms with Crippen molar-refractivity contribution >= 4 is 10.1 Å². The van der Waals surface area contributed by atoms with Crippen LogP contribution in [0.25, 0.3) is 0 Å². The fourth-order valence-corrected chi connectivity index (χ4v) is 1.11. The van der Waals surface area contributed by atoms with Crippen LogP contribution in [0.1, 0.15) is 0 Å². The predicted molar refractivity (Wildman–Crippen MR) is 42.0 cm³/mol. The van der Waals surface area contributed by atoms with E-state index in [0.717, 1.165) is 12.1 Å². The molecule has 0 saturated heterocycles. The van der Waals surface area contributed by atoms with E-state index < -0.39 is 15.6 Å². The fraction of sp³-hybridized carbons (Fsp3) is 0.143. The van der Waals surface area contributed by atoms with Crippen LogP contribution in [0.5, 0.6) is 5.75 Å². The number of hydrogen-bond donors (Lipinski definition) is 0. The molecule has 1 rings (SSSR count). The van der Waals surface area contributed by atoms with E-state index in [2.05, 4.69) is 4.18 Å². The summed E-state index contributed by atoms with van der Waals surface area (Å²) in [5.41, 5.74) is -5.40. The molecule has 3 nitrogen and oxygen atoms in total. The Bertz CT molecular complexity index is 396. The molecular formula is C7H5F3O3S. The molecule has 0 bridgehead atoms. The summed E-state index contributed by atoms with van der Waals surface area (Å²) in [6.07, 6.45) is 0. The summed E-state index contributed by atoms with van der Waals surface area (Å²) in [5, 5.41) is 0. The number of alkyl halides is 3. The van der Waals surface area contributed by atoms with Gasteiger partial charge in [-0.25, -0.2) is 0 Å². The molecule has 7 heteroatoms. The Morgan fingerprint density at radius 3 is 2.00 bits per heavy atom. The lowest BCUT2D eigenvalue weighted by molar-refractivity contribution is -0.0500. The molecule has 0 aromatic heterocycles. The molecule has 0 aliphatic carbocycles. The van der Waals surface area contributed by atoms with Crippen molar-refractivity contribution in [1.29, 1.82) is 0 Å². The Morgan fingerprint density at radius 2 is 1.57 bits per heavy atom. The highest BCUT2D eigenvalue weighted by molar-refractivity contribution is 7.87. The minimum absolute atomic E-state index is 0.371. The van der Waals surface area contributed by atoms with E-state index in [0.29, 0.717) is 0 Å². The lowest BCUT2D eigenvalue weighted by Crippen LogP contribution is -2.27. The molecule has 0 heterocycles. The van der Waals surface area contributed by atoms with Crippen LogP contribution < -0.4 is 4.18 Å². The minimum atomic E-state index is -5.55. The summed E-state index contributed by atoms with van der Waals surface area (Å²) in [4.78, 5) is 0. The van der Waals surface area contributed by atoms with E-state index in [-0.39, 0.29) is 5.75 Å². The predicted octanol–water partition coefficient (Wildman–Crippen LogP) is 1.92. The van der Waals surface area contributed by atoms with Crippen LogP contribution in [0.4, 0.5) is 13.2 Å². The van der Waals surface area contributed by atoms with Gasteiger partial charge in [0.05, 0.1) is 0 Å². The molecule has 0 saturated carbocycles. The van der Waals surface area contributed by atoms with Gasteiger partial charge in [0, 0.05) is 0 Å². The highest BCUT2D eigenvalue weighted by atomic mass is 32.2. The first-order valence-electron chi connectivity index (χ1n) is 3.39. The molecule has 1 aromatic carbocycles. The van der Waals surface area contributed by atoms with Gasteiger partial charge in [-0.05, 0) is 12.1 Å². The van der Waals surface area contributed by atoms with Crippen molar-refractivity contribution in [2.75, 3.05) is 0 Å². The van der Waals surface area contributed by atoms with Gasteiger partial charge in [0.2, 0.25) is 0 Å². The first kappa shape index (κ1) is 10.8. The number of halogens is 3. The van der Waals surface area contributed by atoms with E-state index in [1.165, 1.54) is 18.2 Å². The average Bonchev–Trinajstić information content (AvgIpc) is 2.03. The monoisotopic (exact) mass is 226 g/mol. The van der Waals surface area contributed by atoms with E-state index in [1.54, 1.807) is 0 Å². The van der Waals surface area contributed by atoms with Gasteiger partial charge in [0.1, 0.15) is 5.75 Å². The van der Waals surface area contributed by atoms with Crippen molar-refractivity contribution in [3.63, 3.8) is 0 Å². The maximum absolute atomic E-state index is 11.8. The second-order valence-electron chi connectivity index (χ2n) is 2.30. The lowest BCUT2D eigenvalue weighted by atomic mass is 10.3. The first-order valence-corrected chi connectivity index (χ1v) is 4.79. The quantitative estimate of drug-likeness (QED) is 0.571. The molecule has 0 spiro atoms. The van der Waals surface area contributed by atoms with Crippen LogP contribution in [0.2, 0.25) is 0 Å². The summed E-state index contributed by atoms with van der Waals surface area (Å²) in [6, 6.07) is 6.47. The van der Waals surface area contributed by atoms with Gasteiger partial charge >= 0.3 is 15.6 Å². The van der Waals surface area contributed by atoms with Crippen LogP contribution in [0.15, 0.2) is 30.3 Å². The van der Waals surface area contributed by atoms with Gasteiger partial charge in [-0.2, -0.15) is 21.6 Å². The molecule has 78 valence electrons. The third kappa shape index (κ3) is 2.38. The number of rotatable bonds is 2. The normalized spacial score (nSPS) is 12.5. The Labute approximate surface area is 78.2 Å². The van der Waals surface area contributed by atoms with Gasteiger partial charge in [-0.15, -0.1) is 0 Å². The van der Waals surface area contributed by atoms with Crippen LogP contribution in [-0.2, 0) is 10.1 Å². The van der Waals surface area contributed by atoms with Gasteiger partial charge in [-0.1, -0.05) is 18.2 Å². The summed E-state index contributed by atoms with van der Waals surface area (Å²) in [5.74, 6) is -0.371. The van der Waals surface area contributed by atoms with Crippen molar-refractivity contribution in [3.05, 3.63) is 30.3 Å². The Hall–Kier alpha value is -1.24. The highest BCUT2D eigenvalue weighted by Crippen LogP contribution is 2.26. The van der Waals surface area contributed by atoms with E-state index in [4.69, 9.17) is 0 Å². The molecule has 0 unspecified atom stereocenters. The topological polar surface area (TPSA) is 43.4 Å². The molecule has 0 aliphatic heterocycles. The van der Waals surface area contributed by atoms with Gasteiger partial charge < -0.3 is 4.18 Å². The molecule has 0 N–H and O–H groups in total. The molecule has 0 atom stereocenters. The van der Waals surface area contributed by atoms with Gasteiger partial charge in [-0.3, -0.25) is 0 Å². The van der Waals surface area contributed by atoms with Crippen molar-refractivity contribution in [1.82, 2.24) is 0 Å². The third-order valence-electron chi connectivity index (χ3n) is 1.23. The van der Waals surface area contributed by atoms with Gasteiger partial charge in [0.25, 0.3) is 0 Å². The minimum Gasteiger partial charge on any atom is -0.376 e. The van der Waals surface area contributed by atoms with Gasteiger partial charge in [0.15, 0.2) is 0 Å². The zero-order chi connectivity index (χ0) is 10.8. The summed E-state index contributed by atoms with van der Waals surface area (Å²) in [6.45, 7) is 0. The zero-order valence-electron chi connectivity index (χ0n) is 6.65. The van der Waals surface area contributed by atoms with Crippen molar-refractivity contribution in [2.45, 2.75) is 5.51 Å². The fourth-order valence-electron chi connectivity index (χ4n) is 0.650. The summed E-state index contributed by atoms with van der Waals surface area (Å²) >= 11 is 0. The molecule has 0 radical (unpaired) electrons. The van der Waals surface area contributed by atoms with Crippen molar-refractivity contribution < 1.29 is 25.8 Å². The van der Waals surface area contributed by atoms with Crippen LogP contribution in [0, 0.1) is 0 Å². The SMILES string of the molecule is O=S(=O)(Oc1ccccc1)C(F)(F)F. The second-order valence-corrected chi connectivity index (χ2v) is 3.83. The smallest absolute Gasteiger partial charge is 0.376 e. The largest absolute Gasteiger partial charge is 0.534 e.